The predicted molar refractivity (Wildman–Crippen MR) is 85.7 cm³/mol. The summed E-state index contributed by atoms with van der Waals surface area (Å²) in [5, 5.41) is 1.17. The summed E-state index contributed by atoms with van der Waals surface area (Å²) in [5.41, 5.74) is 8.35. The molecule has 2 fully saturated rings. The maximum absolute atomic E-state index is 12.3. The van der Waals surface area contributed by atoms with Crippen LogP contribution in [0.15, 0.2) is 35.1 Å². The summed E-state index contributed by atoms with van der Waals surface area (Å²) in [6.45, 7) is 0. The number of hydrogen-bond donors (Lipinski definition) is 1. The highest BCUT2D eigenvalue weighted by molar-refractivity contribution is 5.92. The van der Waals surface area contributed by atoms with Gasteiger partial charge in [0.25, 0.3) is 5.56 Å². The number of pyridine rings is 1. The second-order valence-corrected chi connectivity index (χ2v) is 6.47. The van der Waals surface area contributed by atoms with Gasteiger partial charge in [0.2, 0.25) is 0 Å². The molecule has 2 aliphatic heterocycles. The molecule has 2 aromatic rings. The first-order valence-electron chi connectivity index (χ1n) is 7.78. The molecule has 2 unspecified atom stereocenters. The molecule has 0 saturated carbocycles. The van der Waals surface area contributed by atoms with E-state index in [2.05, 4.69) is 11.0 Å². The maximum atomic E-state index is 12.3. The number of para-hydroxylation sites is 1. The number of fused-ring (bicyclic) bond motifs is 3. The molecule has 2 N–H and O–H groups in total. The molecule has 4 rings (SSSR count). The van der Waals surface area contributed by atoms with Gasteiger partial charge in [-0.3, -0.25) is 4.79 Å². The van der Waals surface area contributed by atoms with E-state index in [1.54, 1.807) is 4.57 Å². The Morgan fingerprint density at radius 3 is 2.52 bits per heavy atom. The van der Waals surface area contributed by atoms with Gasteiger partial charge in [0.05, 0.1) is 11.2 Å². The van der Waals surface area contributed by atoms with Gasteiger partial charge in [-0.25, -0.2) is 0 Å². The fourth-order valence-electron chi connectivity index (χ4n) is 4.22. The second-order valence-electron chi connectivity index (χ2n) is 6.47. The van der Waals surface area contributed by atoms with E-state index in [1.807, 2.05) is 31.3 Å². The third-order valence-corrected chi connectivity index (χ3v) is 5.18. The van der Waals surface area contributed by atoms with Gasteiger partial charge >= 0.3 is 0 Å². The van der Waals surface area contributed by atoms with E-state index >= 15 is 0 Å². The molecule has 0 aliphatic carbocycles. The topological polar surface area (TPSA) is 51.3 Å². The number of aromatic nitrogens is 1. The zero-order valence-corrected chi connectivity index (χ0v) is 12.3. The highest BCUT2D eigenvalue weighted by Crippen LogP contribution is 2.40. The number of hydrogen-bond acceptors (Lipinski definition) is 3. The van der Waals surface area contributed by atoms with Crippen molar-refractivity contribution >= 4 is 16.6 Å². The minimum Gasteiger partial charge on any atom is -0.365 e. The van der Waals surface area contributed by atoms with Crippen molar-refractivity contribution in [2.75, 3.05) is 4.90 Å². The number of anilines is 1. The lowest BCUT2D eigenvalue weighted by Crippen LogP contribution is -2.48. The fourth-order valence-corrected chi connectivity index (χ4v) is 4.22. The molecule has 1 aromatic heterocycles. The first-order chi connectivity index (χ1) is 10.1. The van der Waals surface area contributed by atoms with Crippen LogP contribution in [0.3, 0.4) is 0 Å². The van der Waals surface area contributed by atoms with Crippen LogP contribution in [0.5, 0.6) is 0 Å². The molecule has 2 atom stereocenters. The van der Waals surface area contributed by atoms with Crippen molar-refractivity contribution in [1.82, 2.24) is 4.57 Å². The van der Waals surface area contributed by atoms with Gasteiger partial charge in [-0.1, -0.05) is 18.2 Å². The molecule has 1 aromatic carbocycles. The van der Waals surface area contributed by atoms with Crippen LogP contribution in [0.4, 0.5) is 5.69 Å². The molecular formula is C17H21N3O. The SMILES string of the molecule is Cn1c(=O)cc(N2C3CCC2CC(N)C3)c2ccccc21. The first-order valence-corrected chi connectivity index (χ1v) is 7.78. The Labute approximate surface area is 124 Å². The smallest absolute Gasteiger partial charge is 0.252 e. The monoisotopic (exact) mass is 283 g/mol. The zero-order chi connectivity index (χ0) is 14.6. The second kappa shape index (κ2) is 4.60. The highest BCUT2D eigenvalue weighted by Gasteiger charge is 2.40. The number of aryl methyl sites for hydroxylation is 1. The molecule has 3 heterocycles. The van der Waals surface area contributed by atoms with E-state index in [1.165, 1.54) is 18.2 Å². The zero-order valence-electron chi connectivity index (χ0n) is 12.3. The Balaban J connectivity index is 1.92. The fraction of sp³-hybridized carbons (Fsp3) is 0.471. The summed E-state index contributed by atoms with van der Waals surface area (Å²) in [4.78, 5) is 14.8. The van der Waals surface area contributed by atoms with Crippen LogP contribution in [0, 0.1) is 0 Å². The number of piperidine rings is 1. The molecule has 2 aliphatic rings. The summed E-state index contributed by atoms with van der Waals surface area (Å²) >= 11 is 0. The maximum Gasteiger partial charge on any atom is 0.252 e. The van der Waals surface area contributed by atoms with Gasteiger partial charge in [-0.15, -0.1) is 0 Å². The van der Waals surface area contributed by atoms with Gasteiger partial charge in [0, 0.05) is 36.6 Å². The first kappa shape index (κ1) is 12.9. The predicted octanol–water partition coefficient (Wildman–Crippen LogP) is 2.00. The quantitative estimate of drug-likeness (QED) is 0.871. The van der Waals surface area contributed by atoms with Gasteiger partial charge in [0.15, 0.2) is 0 Å². The van der Waals surface area contributed by atoms with Gasteiger partial charge in [-0.05, 0) is 31.7 Å². The lowest BCUT2D eigenvalue weighted by atomic mass is 9.96. The molecule has 2 bridgehead atoms. The van der Waals surface area contributed by atoms with Crippen molar-refractivity contribution in [3.8, 4) is 0 Å². The molecule has 110 valence electrons. The standard InChI is InChI=1S/C17H21N3O/c1-19-15-5-3-2-4-14(15)16(10-17(19)21)20-12-6-7-13(20)9-11(18)8-12/h2-5,10-13H,6-9,18H2,1H3. The average molecular weight is 283 g/mol. The summed E-state index contributed by atoms with van der Waals surface area (Å²) in [5.74, 6) is 0. The van der Waals surface area contributed by atoms with Crippen molar-refractivity contribution in [3.05, 3.63) is 40.7 Å². The van der Waals surface area contributed by atoms with Crippen LogP contribution in [-0.4, -0.2) is 22.7 Å². The molecular weight excluding hydrogens is 262 g/mol. The van der Waals surface area contributed by atoms with E-state index in [0.29, 0.717) is 18.1 Å². The van der Waals surface area contributed by atoms with Crippen molar-refractivity contribution in [1.29, 1.82) is 0 Å². The van der Waals surface area contributed by atoms with Crippen molar-refractivity contribution < 1.29 is 0 Å². The largest absolute Gasteiger partial charge is 0.365 e. The number of benzene rings is 1. The Morgan fingerprint density at radius 2 is 1.81 bits per heavy atom. The van der Waals surface area contributed by atoms with Crippen LogP contribution >= 0.6 is 0 Å². The van der Waals surface area contributed by atoms with Gasteiger partial charge in [0.1, 0.15) is 0 Å². The normalized spacial score (nSPS) is 28.3. The molecule has 4 heteroatoms. The van der Waals surface area contributed by atoms with Crippen molar-refractivity contribution in [2.24, 2.45) is 12.8 Å². The third kappa shape index (κ3) is 1.89. The van der Waals surface area contributed by atoms with E-state index in [4.69, 9.17) is 5.73 Å². The van der Waals surface area contributed by atoms with E-state index in [-0.39, 0.29) is 5.56 Å². The molecule has 21 heavy (non-hydrogen) atoms. The Kier molecular flexibility index (Phi) is 2.82. The summed E-state index contributed by atoms with van der Waals surface area (Å²) in [7, 11) is 1.84. The van der Waals surface area contributed by atoms with Crippen LogP contribution in [0.2, 0.25) is 0 Å². The van der Waals surface area contributed by atoms with Crippen LogP contribution in [-0.2, 0) is 7.05 Å². The molecule has 0 radical (unpaired) electrons. The number of nitrogens with two attached hydrogens (primary N) is 1. The summed E-state index contributed by atoms with van der Waals surface area (Å²) in [6, 6.07) is 11.3. The van der Waals surface area contributed by atoms with Gasteiger partial charge in [-0.2, -0.15) is 0 Å². The third-order valence-electron chi connectivity index (χ3n) is 5.18. The Morgan fingerprint density at radius 1 is 1.14 bits per heavy atom. The Bertz CT molecular complexity index is 737. The molecule has 0 amide bonds. The Hall–Kier alpha value is -1.81. The van der Waals surface area contributed by atoms with E-state index in [9.17, 15) is 4.79 Å². The molecule has 2 saturated heterocycles. The van der Waals surface area contributed by atoms with Crippen LogP contribution in [0.25, 0.3) is 10.9 Å². The molecule has 4 nitrogen and oxygen atoms in total. The minimum absolute atomic E-state index is 0.0676. The van der Waals surface area contributed by atoms with Gasteiger partial charge < -0.3 is 15.2 Å². The average Bonchev–Trinajstić information content (AvgIpc) is 2.74. The summed E-state index contributed by atoms with van der Waals surface area (Å²) in [6.07, 6.45) is 4.48. The van der Waals surface area contributed by atoms with Crippen molar-refractivity contribution in [2.45, 2.75) is 43.8 Å². The van der Waals surface area contributed by atoms with E-state index < -0.39 is 0 Å². The number of nitrogens with zero attached hydrogens (tertiary/aromatic N) is 2. The minimum atomic E-state index is 0.0676. The molecule has 0 spiro atoms. The summed E-state index contributed by atoms with van der Waals surface area (Å²) < 4.78 is 1.73. The highest BCUT2D eigenvalue weighted by atomic mass is 16.1. The van der Waals surface area contributed by atoms with Crippen LogP contribution < -0.4 is 16.2 Å². The number of rotatable bonds is 1. The lowest BCUT2D eigenvalue weighted by molar-refractivity contribution is 0.415. The lowest BCUT2D eigenvalue weighted by Gasteiger charge is -2.40. The van der Waals surface area contributed by atoms with E-state index in [0.717, 1.165) is 24.0 Å². The van der Waals surface area contributed by atoms with Crippen molar-refractivity contribution in [3.63, 3.8) is 0 Å². The van der Waals surface area contributed by atoms with Crippen LogP contribution in [0.1, 0.15) is 25.7 Å².